The Balaban J connectivity index is 1.62. The van der Waals surface area contributed by atoms with Gasteiger partial charge in [0.05, 0.1) is 11.4 Å². The van der Waals surface area contributed by atoms with Crippen LogP contribution in [0.15, 0.2) is 84.1 Å². The van der Waals surface area contributed by atoms with Crippen LogP contribution < -0.4 is 10.2 Å². The summed E-state index contributed by atoms with van der Waals surface area (Å²) in [5, 5.41) is 2.59. The molecule has 1 aromatic heterocycles. The van der Waals surface area contributed by atoms with Crippen LogP contribution in [-0.4, -0.2) is 35.9 Å². The Morgan fingerprint density at radius 2 is 1.73 bits per heavy atom. The highest BCUT2D eigenvalue weighted by Crippen LogP contribution is 2.26. The van der Waals surface area contributed by atoms with Crippen LogP contribution in [0.1, 0.15) is 16.7 Å². The number of carbonyl (C=O) groups excluding carboxylic acids is 2. The molecule has 1 unspecified atom stereocenters. The fraction of sp³-hybridized carbons (Fsp3) is 0.130. The number of fused-ring (bicyclic) bond motifs is 1. The number of benzene rings is 2. The number of nitrogens with zero attached hydrogens (tertiary/aromatic N) is 3. The Morgan fingerprint density at radius 1 is 1.03 bits per heavy atom. The highest BCUT2D eigenvalue weighted by atomic mass is 16.5. The molecule has 0 spiro atoms. The predicted octanol–water partition coefficient (Wildman–Crippen LogP) is 3.15. The van der Waals surface area contributed by atoms with E-state index in [1.54, 1.807) is 19.4 Å². The van der Waals surface area contributed by atoms with E-state index in [9.17, 15) is 9.59 Å². The Bertz CT molecular complexity index is 1080. The molecule has 7 heteroatoms. The lowest BCUT2D eigenvalue weighted by molar-refractivity contribution is -0.120. The first kappa shape index (κ1) is 19.3. The Labute approximate surface area is 174 Å². The molecule has 2 amide bonds. The van der Waals surface area contributed by atoms with Gasteiger partial charge in [-0.1, -0.05) is 48.5 Å². The number of hydrogen-bond donors (Lipinski definition) is 1. The number of likely N-dealkylation sites (N-methyl/N-ethyl adjacent to an activating group) is 1. The normalized spacial score (nSPS) is 15.6. The number of pyridine rings is 1. The van der Waals surface area contributed by atoms with Crippen LogP contribution in [0.5, 0.6) is 0 Å². The third-order valence-electron chi connectivity index (χ3n) is 4.76. The second kappa shape index (κ2) is 8.57. The molecule has 0 aliphatic carbocycles. The highest BCUT2D eigenvalue weighted by Gasteiger charge is 2.31. The van der Waals surface area contributed by atoms with E-state index in [1.165, 1.54) is 4.90 Å². The van der Waals surface area contributed by atoms with E-state index in [0.717, 1.165) is 16.7 Å². The molecule has 0 saturated heterocycles. The molecule has 0 radical (unpaired) electrons. The Morgan fingerprint density at radius 3 is 2.50 bits per heavy atom. The summed E-state index contributed by atoms with van der Waals surface area (Å²) in [4.78, 5) is 35.6. The van der Waals surface area contributed by atoms with Crippen molar-refractivity contribution in [1.29, 1.82) is 0 Å². The summed E-state index contributed by atoms with van der Waals surface area (Å²) in [6.45, 7) is 0.102. The maximum atomic E-state index is 13.0. The standard InChI is InChI=1S/C23H20N4O3/c1-27-19-10-6-5-9-18(19)20(17-11-13-24-14-12-17)25-21(22(27)28)26-23(29)30-15-16-7-3-2-4-8-16/h2-14,21H,15H2,1H3,(H,26,29). The molecule has 2 aromatic carbocycles. The number of ether oxygens (including phenoxy) is 1. The van der Waals surface area contributed by atoms with Gasteiger partial charge in [0, 0.05) is 30.6 Å². The number of rotatable bonds is 4. The van der Waals surface area contributed by atoms with Gasteiger partial charge >= 0.3 is 6.09 Å². The summed E-state index contributed by atoms with van der Waals surface area (Å²) in [6.07, 6.45) is 1.49. The van der Waals surface area contributed by atoms with Crippen LogP contribution in [0, 0.1) is 0 Å². The van der Waals surface area contributed by atoms with Crippen molar-refractivity contribution in [2.75, 3.05) is 11.9 Å². The lowest BCUT2D eigenvalue weighted by Gasteiger charge is -2.20. The number of anilines is 1. The molecule has 1 atom stereocenters. The van der Waals surface area contributed by atoms with Crippen molar-refractivity contribution >= 4 is 23.4 Å². The molecule has 3 aromatic rings. The van der Waals surface area contributed by atoms with E-state index >= 15 is 0 Å². The number of amides is 2. The first-order valence-electron chi connectivity index (χ1n) is 9.46. The van der Waals surface area contributed by atoms with Crippen molar-refractivity contribution in [2.45, 2.75) is 12.8 Å². The van der Waals surface area contributed by atoms with Crippen LogP contribution in [-0.2, 0) is 16.1 Å². The largest absolute Gasteiger partial charge is 0.445 e. The van der Waals surface area contributed by atoms with E-state index in [1.807, 2.05) is 66.7 Å². The summed E-state index contributed by atoms with van der Waals surface area (Å²) >= 11 is 0. The number of benzodiazepines with no additional fused rings is 1. The molecule has 1 N–H and O–H groups in total. The van der Waals surface area contributed by atoms with E-state index in [-0.39, 0.29) is 12.5 Å². The summed E-state index contributed by atoms with van der Waals surface area (Å²) in [5.41, 5.74) is 3.75. The Hall–Kier alpha value is -4.00. The third kappa shape index (κ3) is 4.05. The van der Waals surface area contributed by atoms with Crippen molar-refractivity contribution in [3.8, 4) is 0 Å². The number of nitrogens with one attached hydrogen (secondary N) is 1. The number of carbonyl (C=O) groups is 2. The van der Waals surface area contributed by atoms with Crippen LogP contribution in [0.2, 0.25) is 0 Å². The smallest absolute Gasteiger partial charge is 0.409 e. The molecule has 0 fully saturated rings. The summed E-state index contributed by atoms with van der Waals surface area (Å²) in [5.74, 6) is -0.358. The SMILES string of the molecule is CN1C(=O)C(NC(=O)OCc2ccccc2)N=C(c2ccncc2)c2ccccc21. The molecular formula is C23H20N4O3. The molecule has 0 bridgehead atoms. The first-order chi connectivity index (χ1) is 14.6. The maximum Gasteiger partial charge on any atom is 0.409 e. The second-order valence-electron chi connectivity index (χ2n) is 6.74. The monoisotopic (exact) mass is 400 g/mol. The van der Waals surface area contributed by atoms with Gasteiger partial charge in [-0.2, -0.15) is 0 Å². The van der Waals surface area contributed by atoms with Crippen molar-refractivity contribution in [3.63, 3.8) is 0 Å². The van der Waals surface area contributed by atoms with Crippen LogP contribution in [0.25, 0.3) is 0 Å². The van der Waals surface area contributed by atoms with Crippen LogP contribution >= 0.6 is 0 Å². The number of para-hydroxylation sites is 1. The molecule has 0 saturated carbocycles. The van der Waals surface area contributed by atoms with Gasteiger partial charge in [0.15, 0.2) is 0 Å². The minimum atomic E-state index is -1.12. The molecule has 150 valence electrons. The molecule has 7 nitrogen and oxygen atoms in total. The van der Waals surface area contributed by atoms with Crippen molar-refractivity contribution < 1.29 is 14.3 Å². The van der Waals surface area contributed by atoms with Crippen LogP contribution in [0.4, 0.5) is 10.5 Å². The summed E-state index contributed by atoms with van der Waals surface area (Å²) in [7, 11) is 1.66. The van der Waals surface area contributed by atoms with Crippen molar-refractivity contribution in [1.82, 2.24) is 10.3 Å². The molecule has 30 heavy (non-hydrogen) atoms. The lowest BCUT2D eigenvalue weighted by atomic mass is 10.0. The van der Waals surface area contributed by atoms with Gasteiger partial charge < -0.3 is 9.64 Å². The van der Waals surface area contributed by atoms with E-state index in [4.69, 9.17) is 4.74 Å². The number of aromatic nitrogens is 1. The third-order valence-corrected chi connectivity index (χ3v) is 4.76. The van der Waals surface area contributed by atoms with Gasteiger partial charge in [0.2, 0.25) is 6.17 Å². The fourth-order valence-electron chi connectivity index (χ4n) is 3.23. The average Bonchev–Trinajstić information content (AvgIpc) is 2.90. The summed E-state index contributed by atoms with van der Waals surface area (Å²) in [6, 6.07) is 20.4. The molecule has 4 rings (SSSR count). The van der Waals surface area contributed by atoms with Crippen molar-refractivity contribution in [3.05, 3.63) is 95.8 Å². The van der Waals surface area contributed by atoms with E-state index in [2.05, 4.69) is 15.3 Å². The van der Waals surface area contributed by atoms with E-state index < -0.39 is 12.3 Å². The number of aliphatic imine (C=N–C) groups is 1. The van der Waals surface area contributed by atoms with Gasteiger partial charge in [0.1, 0.15) is 6.61 Å². The lowest BCUT2D eigenvalue weighted by Crippen LogP contribution is -2.46. The minimum absolute atomic E-state index is 0.102. The maximum absolute atomic E-state index is 13.0. The fourth-order valence-corrected chi connectivity index (χ4v) is 3.23. The number of alkyl carbamates (subject to hydrolysis) is 1. The van der Waals surface area contributed by atoms with Gasteiger partial charge in [-0.3, -0.25) is 15.1 Å². The first-order valence-corrected chi connectivity index (χ1v) is 9.46. The Kier molecular flexibility index (Phi) is 5.52. The quantitative estimate of drug-likeness (QED) is 0.729. The van der Waals surface area contributed by atoms with Gasteiger partial charge in [-0.05, 0) is 23.8 Å². The average molecular weight is 400 g/mol. The van der Waals surface area contributed by atoms with Gasteiger partial charge in [0.25, 0.3) is 5.91 Å². The molecular weight excluding hydrogens is 380 g/mol. The summed E-state index contributed by atoms with van der Waals surface area (Å²) < 4.78 is 5.27. The van der Waals surface area contributed by atoms with Crippen LogP contribution in [0.3, 0.4) is 0 Å². The zero-order chi connectivity index (χ0) is 20.9. The predicted molar refractivity (Wildman–Crippen MR) is 113 cm³/mol. The van der Waals surface area contributed by atoms with Gasteiger partial charge in [-0.15, -0.1) is 0 Å². The molecule has 2 heterocycles. The number of hydrogen-bond acceptors (Lipinski definition) is 5. The minimum Gasteiger partial charge on any atom is -0.445 e. The van der Waals surface area contributed by atoms with Gasteiger partial charge in [-0.25, -0.2) is 9.79 Å². The zero-order valence-electron chi connectivity index (χ0n) is 16.4. The van der Waals surface area contributed by atoms with Crippen molar-refractivity contribution in [2.24, 2.45) is 4.99 Å². The molecule has 1 aliphatic rings. The van der Waals surface area contributed by atoms with E-state index in [0.29, 0.717) is 11.4 Å². The highest BCUT2D eigenvalue weighted by molar-refractivity contribution is 6.20. The zero-order valence-corrected chi connectivity index (χ0v) is 16.4. The topological polar surface area (TPSA) is 83.9 Å². The molecule has 1 aliphatic heterocycles. The second-order valence-corrected chi connectivity index (χ2v) is 6.74.